The number of thiophene rings is 1. The molecule has 0 saturated carbocycles. The summed E-state index contributed by atoms with van der Waals surface area (Å²) in [6.07, 6.45) is 0. The van der Waals surface area contributed by atoms with Crippen molar-refractivity contribution in [1.82, 2.24) is 4.90 Å². The Labute approximate surface area is 102 Å². The SMILES string of the molecule is COC(=O)C(Br)CN(C)Cc1ccsc1. The van der Waals surface area contributed by atoms with Gasteiger partial charge < -0.3 is 9.64 Å². The van der Waals surface area contributed by atoms with Crippen LogP contribution in [-0.2, 0) is 16.1 Å². The molecule has 15 heavy (non-hydrogen) atoms. The van der Waals surface area contributed by atoms with Gasteiger partial charge in [0.15, 0.2) is 0 Å². The molecule has 1 atom stereocenters. The van der Waals surface area contributed by atoms with Crippen LogP contribution in [0, 0.1) is 0 Å². The van der Waals surface area contributed by atoms with E-state index in [1.165, 1.54) is 12.7 Å². The maximum atomic E-state index is 11.2. The summed E-state index contributed by atoms with van der Waals surface area (Å²) in [5.41, 5.74) is 1.27. The third-order valence-corrected chi connectivity index (χ3v) is 3.36. The molecule has 1 unspecified atom stereocenters. The second-order valence-corrected chi connectivity index (χ2v) is 5.20. The zero-order chi connectivity index (χ0) is 11.3. The molecular weight excluding hydrogens is 278 g/mol. The van der Waals surface area contributed by atoms with E-state index in [2.05, 4.69) is 42.4 Å². The minimum atomic E-state index is -0.258. The van der Waals surface area contributed by atoms with Crippen molar-refractivity contribution in [3.8, 4) is 0 Å². The molecule has 0 fully saturated rings. The molecule has 1 aromatic heterocycles. The minimum Gasteiger partial charge on any atom is -0.468 e. The van der Waals surface area contributed by atoms with Crippen LogP contribution in [-0.4, -0.2) is 36.4 Å². The molecule has 3 nitrogen and oxygen atoms in total. The molecule has 0 aliphatic heterocycles. The van der Waals surface area contributed by atoms with E-state index in [9.17, 15) is 4.79 Å². The Kier molecular flexibility index (Phi) is 5.28. The molecule has 0 radical (unpaired) electrons. The third-order valence-electron chi connectivity index (χ3n) is 1.96. The van der Waals surface area contributed by atoms with Crippen molar-refractivity contribution < 1.29 is 9.53 Å². The molecule has 0 amide bonds. The first kappa shape index (κ1) is 12.7. The standard InChI is InChI=1S/C10H14BrNO2S/c1-12(5-8-3-4-15-7-8)6-9(11)10(13)14-2/h3-4,7,9H,5-6H2,1-2H3. The molecule has 0 bridgehead atoms. The van der Waals surface area contributed by atoms with Crippen molar-refractivity contribution in [2.24, 2.45) is 0 Å². The van der Waals surface area contributed by atoms with E-state index in [-0.39, 0.29) is 10.8 Å². The summed E-state index contributed by atoms with van der Waals surface area (Å²) in [6, 6.07) is 2.09. The number of ether oxygens (including phenoxy) is 1. The molecule has 0 aliphatic carbocycles. The number of esters is 1. The molecule has 1 heterocycles. The first-order valence-electron chi connectivity index (χ1n) is 4.55. The number of halogens is 1. The molecule has 0 spiro atoms. The fourth-order valence-corrected chi connectivity index (χ4v) is 2.58. The molecule has 0 aliphatic rings. The molecule has 1 aromatic rings. The van der Waals surface area contributed by atoms with Crippen LogP contribution < -0.4 is 0 Å². The monoisotopic (exact) mass is 291 g/mol. The van der Waals surface area contributed by atoms with E-state index in [4.69, 9.17) is 0 Å². The topological polar surface area (TPSA) is 29.5 Å². The number of nitrogens with zero attached hydrogens (tertiary/aromatic N) is 1. The summed E-state index contributed by atoms with van der Waals surface area (Å²) in [5.74, 6) is -0.229. The van der Waals surface area contributed by atoms with Crippen molar-refractivity contribution in [3.63, 3.8) is 0 Å². The number of hydrogen-bond acceptors (Lipinski definition) is 4. The van der Waals surface area contributed by atoms with E-state index >= 15 is 0 Å². The van der Waals surface area contributed by atoms with Gasteiger partial charge in [-0.15, -0.1) is 0 Å². The summed E-state index contributed by atoms with van der Waals surface area (Å²) in [5, 5.41) is 4.16. The zero-order valence-corrected chi connectivity index (χ0v) is 11.2. The lowest BCUT2D eigenvalue weighted by atomic mass is 10.3. The molecule has 84 valence electrons. The Morgan fingerprint density at radius 3 is 3.00 bits per heavy atom. The fourth-order valence-electron chi connectivity index (χ4n) is 1.23. The smallest absolute Gasteiger partial charge is 0.320 e. The van der Waals surface area contributed by atoms with Crippen LogP contribution in [0.1, 0.15) is 5.56 Å². The van der Waals surface area contributed by atoms with Gasteiger partial charge in [0.2, 0.25) is 0 Å². The van der Waals surface area contributed by atoms with Crippen molar-refractivity contribution in [2.75, 3.05) is 20.7 Å². The number of hydrogen-bond donors (Lipinski definition) is 0. The molecule has 0 N–H and O–H groups in total. The highest BCUT2D eigenvalue weighted by atomic mass is 79.9. The van der Waals surface area contributed by atoms with Gasteiger partial charge in [0.25, 0.3) is 0 Å². The number of methoxy groups -OCH3 is 1. The highest BCUT2D eigenvalue weighted by Gasteiger charge is 2.17. The number of carbonyl (C=O) groups excluding carboxylic acids is 1. The third kappa shape index (κ3) is 4.32. The Morgan fingerprint density at radius 2 is 2.47 bits per heavy atom. The van der Waals surface area contributed by atoms with Crippen LogP contribution in [0.4, 0.5) is 0 Å². The minimum absolute atomic E-state index is 0.229. The molecule has 5 heteroatoms. The second-order valence-electron chi connectivity index (χ2n) is 3.32. The van der Waals surface area contributed by atoms with Gasteiger partial charge in [-0.25, -0.2) is 0 Å². The molecule has 0 saturated heterocycles. The zero-order valence-electron chi connectivity index (χ0n) is 8.77. The molecule has 1 rings (SSSR count). The lowest BCUT2D eigenvalue weighted by molar-refractivity contribution is -0.140. The Balaban J connectivity index is 2.35. The predicted molar refractivity (Wildman–Crippen MR) is 65.4 cm³/mol. The van der Waals surface area contributed by atoms with Gasteiger partial charge in [0.1, 0.15) is 4.83 Å². The fraction of sp³-hybridized carbons (Fsp3) is 0.500. The number of carbonyl (C=O) groups is 1. The average molecular weight is 292 g/mol. The van der Waals surface area contributed by atoms with E-state index in [1.807, 2.05) is 7.05 Å². The van der Waals surface area contributed by atoms with Gasteiger partial charge >= 0.3 is 5.97 Å². The summed E-state index contributed by atoms with van der Waals surface area (Å²) < 4.78 is 4.64. The van der Waals surface area contributed by atoms with Crippen LogP contribution in [0.15, 0.2) is 16.8 Å². The van der Waals surface area contributed by atoms with Crippen molar-refractivity contribution in [3.05, 3.63) is 22.4 Å². The number of rotatable bonds is 5. The van der Waals surface area contributed by atoms with E-state index in [0.717, 1.165) is 6.54 Å². The van der Waals surface area contributed by atoms with Gasteiger partial charge in [-0.3, -0.25) is 4.79 Å². The van der Waals surface area contributed by atoms with Crippen LogP contribution in [0.2, 0.25) is 0 Å². The first-order chi connectivity index (χ1) is 7.13. The Hall–Kier alpha value is -0.390. The highest BCUT2D eigenvalue weighted by molar-refractivity contribution is 9.10. The maximum Gasteiger partial charge on any atom is 0.320 e. The lowest BCUT2D eigenvalue weighted by Gasteiger charge is -2.18. The van der Waals surface area contributed by atoms with Gasteiger partial charge in [-0.05, 0) is 29.4 Å². The predicted octanol–water partition coefficient (Wildman–Crippen LogP) is 2.12. The van der Waals surface area contributed by atoms with Gasteiger partial charge in [-0.2, -0.15) is 11.3 Å². The van der Waals surface area contributed by atoms with Gasteiger partial charge in [0, 0.05) is 13.1 Å². The maximum absolute atomic E-state index is 11.2. The quantitative estimate of drug-likeness (QED) is 0.615. The van der Waals surface area contributed by atoms with Crippen LogP contribution >= 0.6 is 27.3 Å². The van der Waals surface area contributed by atoms with Gasteiger partial charge in [-0.1, -0.05) is 15.9 Å². The Morgan fingerprint density at radius 1 is 1.73 bits per heavy atom. The number of alkyl halides is 1. The largest absolute Gasteiger partial charge is 0.468 e. The van der Waals surface area contributed by atoms with E-state index in [0.29, 0.717) is 6.54 Å². The van der Waals surface area contributed by atoms with Crippen molar-refractivity contribution in [2.45, 2.75) is 11.4 Å². The highest BCUT2D eigenvalue weighted by Crippen LogP contribution is 2.10. The summed E-state index contributed by atoms with van der Waals surface area (Å²) in [6.45, 7) is 1.49. The van der Waals surface area contributed by atoms with E-state index < -0.39 is 0 Å². The lowest BCUT2D eigenvalue weighted by Crippen LogP contribution is -2.31. The van der Waals surface area contributed by atoms with Crippen molar-refractivity contribution >= 4 is 33.2 Å². The molecule has 0 aromatic carbocycles. The first-order valence-corrected chi connectivity index (χ1v) is 6.41. The average Bonchev–Trinajstić information content (AvgIpc) is 2.68. The van der Waals surface area contributed by atoms with Crippen LogP contribution in [0.3, 0.4) is 0 Å². The molecular formula is C10H14BrNO2S. The summed E-state index contributed by atoms with van der Waals surface area (Å²) >= 11 is 4.98. The van der Waals surface area contributed by atoms with Crippen LogP contribution in [0.5, 0.6) is 0 Å². The Bertz CT molecular complexity index is 302. The summed E-state index contributed by atoms with van der Waals surface area (Å²) in [7, 11) is 3.38. The van der Waals surface area contributed by atoms with Gasteiger partial charge in [0.05, 0.1) is 7.11 Å². The van der Waals surface area contributed by atoms with Crippen molar-refractivity contribution in [1.29, 1.82) is 0 Å². The van der Waals surface area contributed by atoms with E-state index in [1.54, 1.807) is 11.3 Å². The second kappa shape index (κ2) is 6.25. The normalized spacial score (nSPS) is 12.8. The van der Waals surface area contributed by atoms with Crippen LogP contribution in [0.25, 0.3) is 0 Å². The summed E-state index contributed by atoms with van der Waals surface area (Å²) in [4.78, 5) is 13.0.